The Balaban J connectivity index is 1.02. The highest BCUT2D eigenvalue weighted by Gasteiger charge is 2.51. The van der Waals surface area contributed by atoms with Gasteiger partial charge in [0.2, 0.25) is 5.91 Å². The fourth-order valence-corrected chi connectivity index (χ4v) is 9.95. The quantitative estimate of drug-likeness (QED) is 0.140. The molecule has 4 aliphatic carbocycles. The van der Waals surface area contributed by atoms with E-state index in [0.29, 0.717) is 37.4 Å². The van der Waals surface area contributed by atoms with Crippen LogP contribution in [0.5, 0.6) is 5.75 Å². The van der Waals surface area contributed by atoms with E-state index in [1.807, 2.05) is 51.1 Å². The average Bonchev–Trinajstić information content (AvgIpc) is 3.35. The summed E-state index contributed by atoms with van der Waals surface area (Å²) in [6, 6.07) is 12.0. The predicted octanol–water partition coefficient (Wildman–Crippen LogP) is 7.91. The van der Waals surface area contributed by atoms with Crippen LogP contribution in [0.25, 0.3) is 10.9 Å². The summed E-state index contributed by atoms with van der Waals surface area (Å²) in [5, 5.41) is 7.03. The summed E-state index contributed by atoms with van der Waals surface area (Å²) in [6.07, 6.45) is 10.0. The first-order valence-corrected chi connectivity index (χ1v) is 18.1. The van der Waals surface area contributed by atoms with Crippen LogP contribution >= 0.6 is 22.3 Å². The van der Waals surface area contributed by atoms with Gasteiger partial charge in [0.05, 0.1) is 6.61 Å². The van der Waals surface area contributed by atoms with Crippen LogP contribution < -0.4 is 14.8 Å². The molecular weight excluding hydrogens is 590 g/mol. The standard InChI is InChI=1S/C36H46ClN3O3S/c1-4-44(40-32(41)22-36-19-25-16-26(20-36)18-27(17-25)21-36)13-11-38-35(42)34-30(29-8-5-6-10-31(29)39-34)9-7-12-43-28-14-23(2)33(37)24(3)15-28/h4-6,8,10,14-15,25-27,39H,7,9,11-13,16-22H2,1-3H3,(H,38,42)(H,40,41). The Labute approximate surface area is 269 Å². The van der Waals surface area contributed by atoms with Gasteiger partial charge < -0.3 is 19.8 Å². The number of benzene rings is 2. The number of nitrogens with one attached hydrogen (secondary N) is 3. The summed E-state index contributed by atoms with van der Waals surface area (Å²) in [5.41, 5.74) is 4.81. The van der Waals surface area contributed by atoms with E-state index in [4.69, 9.17) is 16.3 Å². The zero-order valence-corrected chi connectivity index (χ0v) is 27.8. The van der Waals surface area contributed by atoms with E-state index in [-0.39, 0.29) is 27.9 Å². The molecule has 4 aliphatic rings. The molecule has 3 N–H and O–H groups in total. The SMILES string of the molecule is C/C=S(\CCNC(=O)c1[nH]c2ccccc2c1CCCOc1cc(C)c(Cl)c(C)c1)NC(=O)CC12CC3CC(CC(C3)C1)C2. The molecule has 3 aromatic rings. The Hall–Kier alpha value is -2.77. The molecule has 2 aromatic carbocycles. The molecule has 4 bridgehead atoms. The Morgan fingerprint density at radius 3 is 2.39 bits per heavy atom. The molecule has 236 valence electrons. The third-order valence-corrected chi connectivity index (χ3v) is 12.4. The Morgan fingerprint density at radius 1 is 1.07 bits per heavy atom. The number of rotatable bonds is 12. The maximum absolute atomic E-state index is 13.4. The number of hydrogen-bond acceptors (Lipinski definition) is 3. The van der Waals surface area contributed by atoms with Crippen molar-refractivity contribution in [2.24, 2.45) is 23.2 Å². The van der Waals surface area contributed by atoms with E-state index < -0.39 is 0 Å². The fraction of sp³-hybridized carbons (Fsp3) is 0.528. The van der Waals surface area contributed by atoms with Gasteiger partial charge in [-0.3, -0.25) is 9.59 Å². The topological polar surface area (TPSA) is 83.2 Å². The van der Waals surface area contributed by atoms with Crippen molar-refractivity contribution < 1.29 is 14.3 Å². The van der Waals surface area contributed by atoms with Crippen LogP contribution in [0.15, 0.2) is 36.4 Å². The highest BCUT2D eigenvalue weighted by Crippen LogP contribution is 2.61. The smallest absolute Gasteiger partial charge is 0.268 e. The minimum absolute atomic E-state index is 0.111. The van der Waals surface area contributed by atoms with Gasteiger partial charge in [0.25, 0.3) is 5.91 Å². The highest BCUT2D eigenvalue weighted by atomic mass is 35.5. The van der Waals surface area contributed by atoms with Crippen molar-refractivity contribution in [1.82, 2.24) is 15.0 Å². The van der Waals surface area contributed by atoms with Crippen molar-refractivity contribution in [2.45, 2.75) is 78.6 Å². The van der Waals surface area contributed by atoms with E-state index in [9.17, 15) is 9.59 Å². The Kier molecular flexibility index (Phi) is 9.44. The molecule has 8 heteroatoms. The molecule has 1 aromatic heterocycles. The lowest BCUT2D eigenvalue weighted by Gasteiger charge is -2.56. The molecule has 1 heterocycles. The number of carbonyl (C=O) groups is 2. The zero-order chi connectivity index (χ0) is 30.8. The second-order valence-corrected chi connectivity index (χ2v) is 15.9. The molecular formula is C36H46ClN3O3S. The zero-order valence-electron chi connectivity index (χ0n) is 26.3. The van der Waals surface area contributed by atoms with Crippen molar-refractivity contribution in [3.8, 4) is 5.75 Å². The van der Waals surface area contributed by atoms with Gasteiger partial charge in [-0.15, -0.1) is 0 Å². The van der Waals surface area contributed by atoms with Crippen molar-refractivity contribution in [1.29, 1.82) is 0 Å². The van der Waals surface area contributed by atoms with Crippen LogP contribution in [0.4, 0.5) is 0 Å². The molecule has 1 atom stereocenters. The van der Waals surface area contributed by atoms with Crippen LogP contribution in [0.2, 0.25) is 5.02 Å². The molecule has 44 heavy (non-hydrogen) atoms. The highest BCUT2D eigenvalue weighted by molar-refractivity contribution is 8.13. The van der Waals surface area contributed by atoms with Crippen molar-refractivity contribution in [3.63, 3.8) is 0 Å². The summed E-state index contributed by atoms with van der Waals surface area (Å²) < 4.78 is 9.34. The van der Waals surface area contributed by atoms with E-state index in [2.05, 4.69) is 26.5 Å². The van der Waals surface area contributed by atoms with Crippen LogP contribution in [0.1, 0.15) is 85.5 Å². The molecule has 4 saturated carbocycles. The number of ether oxygens (including phenoxy) is 1. The van der Waals surface area contributed by atoms with Crippen molar-refractivity contribution in [3.05, 3.63) is 63.8 Å². The second-order valence-electron chi connectivity index (χ2n) is 13.6. The second kappa shape index (κ2) is 13.3. The summed E-state index contributed by atoms with van der Waals surface area (Å²) in [5.74, 6) is 4.12. The number of para-hydroxylation sites is 1. The molecule has 0 radical (unpaired) electrons. The van der Waals surface area contributed by atoms with Gasteiger partial charge in [-0.25, -0.2) is 0 Å². The molecule has 0 aliphatic heterocycles. The lowest BCUT2D eigenvalue weighted by atomic mass is 9.49. The molecule has 4 fully saturated rings. The largest absolute Gasteiger partial charge is 0.494 e. The van der Waals surface area contributed by atoms with Gasteiger partial charge in [0.1, 0.15) is 11.4 Å². The van der Waals surface area contributed by atoms with Crippen LogP contribution in [-0.2, 0) is 11.2 Å². The van der Waals surface area contributed by atoms with Gasteiger partial charge in [-0.2, -0.15) is 0 Å². The predicted molar refractivity (Wildman–Crippen MR) is 183 cm³/mol. The normalized spacial score (nSPS) is 24.5. The Morgan fingerprint density at radius 2 is 1.73 bits per heavy atom. The molecule has 0 saturated heterocycles. The maximum atomic E-state index is 13.4. The molecule has 6 nitrogen and oxygen atoms in total. The summed E-state index contributed by atoms with van der Waals surface area (Å²) in [6.45, 7) is 7.01. The van der Waals surface area contributed by atoms with E-state index >= 15 is 0 Å². The molecule has 2 amide bonds. The molecule has 1 unspecified atom stereocenters. The van der Waals surface area contributed by atoms with Crippen LogP contribution in [-0.4, -0.2) is 41.1 Å². The number of aromatic amines is 1. The number of carbonyl (C=O) groups excluding carboxylic acids is 2. The molecule has 0 spiro atoms. The summed E-state index contributed by atoms with van der Waals surface area (Å²) in [7, 11) is -0.371. The fourth-order valence-electron chi connectivity index (χ4n) is 8.70. The number of amides is 2. The van der Waals surface area contributed by atoms with Crippen LogP contribution in [0, 0.1) is 37.0 Å². The van der Waals surface area contributed by atoms with E-state index in [1.54, 1.807) is 0 Å². The first-order chi connectivity index (χ1) is 21.2. The van der Waals surface area contributed by atoms with Gasteiger partial charge in [0.15, 0.2) is 0 Å². The van der Waals surface area contributed by atoms with Gasteiger partial charge in [-0.05, 0) is 136 Å². The number of aromatic nitrogens is 1. The number of aryl methyl sites for hydroxylation is 3. The maximum Gasteiger partial charge on any atom is 0.268 e. The van der Waals surface area contributed by atoms with Crippen LogP contribution in [0.3, 0.4) is 0 Å². The van der Waals surface area contributed by atoms with Gasteiger partial charge in [-0.1, -0.05) is 40.5 Å². The number of halogens is 1. The first-order valence-electron chi connectivity index (χ1n) is 16.3. The number of fused-ring (bicyclic) bond motifs is 1. The van der Waals surface area contributed by atoms with Gasteiger partial charge >= 0.3 is 0 Å². The van der Waals surface area contributed by atoms with Crippen molar-refractivity contribution >= 4 is 50.4 Å². The summed E-state index contributed by atoms with van der Waals surface area (Å²) in [4.78, 5) is 30.0. The first kappa shape index (κ1) is 31.2. The summed E-state index contributed by atoms with van der Waals surface area (Å²) >= 11 is 6.31. The molecule has 7 rings (SSSR count). The third kappa shape index (κ3) is 6.89. The minimum Gasteiger partial charge on any atom is -0.494 e. The minimum atomic E-state index is -0.371. The lowest BCUT2D eigenvalue weighted by Crippen LogP contribution is -2.47. The average molecular weight is 636 g/mol. The third-order valence-electron chi connectivity index (χ3n) is 10.1. The number of hydrogen-bond donors (Lipinski definition) is 3. The Bertz CT molecular complexity index is 1520. The lowest BCUT2D eigenvalue weighted by molar-refractivity contribution is -0.127. The van der Waals surface area contributed by atoms with E-state index in [1.165, 1.54) is 38.5 Å². The van der Waals surface area contributed by atoms with E-state index in [0.717, 1.165) is 62.5 Å². The monoisotopic (exact) mass is 635 g/mol. The van der Waals surface area contributed by atoms with Crippen molar-refractivity contribution in [2.75, 3.05) is 18.9 Å². The number of H-pyrrole nitrogens is 1. The van der Waals surface area contributed by atoms with Gasteiger partial charge in [0, 0.05) is 34.6 Å².